The second kappa shape index (κ2) is 6.55. The zero-order valence-electron chi connectivity index (χ0n) is 14.1. The molecule has 3 aromatic rings. The van der Waals surface area contributed by atoms with Gasteiger partial charge in [0.1, 0.15) is 16.8 Å². The standard InChI is InChI=1S/C19H20N4O2/c1-25-16-7-4-13(5-8-16)11-15-3-2-10-23(15)19(24)14-6-9-17-18(12-14)21-22-20-17/h4-9,12,15H,2-3,10-11H2,1H3,(H,20,21,22)/t15-/m1/s1. The minimum atomic E-state index is 0.0703. The van der Waals surface area contributed by atoms with Gasteiger partial charge in [0.25, 0.3) is 5.91 Å². The van der Waals surface area contributed by atoms with E-state index in [1.165, 1.54) is 5.56 Å². The van der Waals surface area contributed by atoms with Gasteiger partial charge >= 0.3 is 0 Å². The summed E-state index contributed by atoms with van der Waals surface area (Å²) in [6, 6.07) is 13.8. The molecule has 1 fully saturated rings. The van der Waals surface area contributed by atoms with Gasteiger partial charge in [-0.3, -0.25) is 4.79 Å². The SMILES string of the molecule is COc1ccc(C[C@H]2CCCN2C(=O)c2ccc3n[nH]nc3c2)cc1. The van der Waals surface area contributed by atoms with Crippen LogP contribution in [0, 0.1) is 0 Å². The molecule has 1 N–H and O–H groups in total. The molecule has 6 heteroatoms. The Balaban J connectivity index is 1.52. The summed E-state index contributed by atoms with van der Waals surface area (Å²) in [4.78, 5) is 15.0. The Morgan fingerprint density at radius 1 is 1.20 bits per heavy atom. The number of fused-ring (bicyclic) bond motifs is 1. The van der Waals surface area contributed by atoms with Gasteiger partial charge in [0.15, 0.2) is 0 Å². The van der Waals surface area contributed by atoms with Gasteiger partial charge in [0, 0.05) is 18.2 Å². The molecule has 25 heavy (non-hydrogen) atoms. The third kappa shape index (κ3) is 3.07. The van der Waals surface area contributed by atoms with Crippen molar-refractivity contribution in [3.05, 3.63) is 53.6 Å². The first-order valence-corrected chi connectivity index (χ1v) is 8.49. The van der Waals surface area contributed by atoms with Crippen molar-refractivity contribution in [3.8, 4) is 5.75 Å². The Kier molecular flexibility index (Phi) is 4.09. The van der Waals surface area contributed by atoms with Crippen molar-refractivity contribution in [1.29, 1.82) is 0 Å². The predicted octanol–water partition coefficient (Wildman–Crippen LogP) is 2.81. The van der Waals surface area contributed by atoms with Gasteiger partial charge in [-0.2, -0.15) is 15.4 Å². The molecule has 2 aromatic carbocycles. The number of carbonyl (C=O) groups excluding carboxylic acids is 1. The first-order chi connectivity index (χ1) is 12.2. The van der Waals surface area contributed by atoms with Crippen molar-refractivity contribution < 1.29 is 9.53 Å². The summed E-state index contributed by atoms with van der Waals surface area (Å²) in [7, 11) is 1.66. The first kappa shape index (κ1) is 15.6. The lowest BCUT2D eigenvalue weighted by Gasteiger charge is -2.25. The number of H-pyrrole nitrogens is 1. The molecular weight excluding hydrogens is 316 g/mol. The topological polar surface area (TPSA) is 71.1 Å². The summed E-state index contributed by atoms with van der Waals surface area (Å²) >= 11 is 0. The minimum absolute atomic E-state index is 0.0703. The Bertz CT molecular complexity index is 888. The molecule has 2 heterocycles. The number of aromatic nitrogens is 3. The Hall–Kier alpha value is -2.89. The normalized spacial score (nSPS) is 17.2. The molecule has 1 aromatic heterocycles. The van der Waals surface area contributed by atoms with E-state index in [1.807, 2.05) is 35.2 Å². The van der Waals surface area contributed by atoms with Crippen LogP contribution in [-0.2, 0) is 6.42 Å². The van der Waals surface area contributed by atoms with E-state index >= 15 is 0 Å². The number of hydrogen-bond donors (Lipinski definition) is 1. The van der Waals surface area contributed by atoms with Crippen LogP contribution in [0.3, 0.4) is 0 Å². The highest BCUT2D eigenvalue weighted by Crippen LogP contribution is 2.25. The molecular formula is C19H20N4O2. The van der Waals surface area contributed by atoms with Gasteiger partial charge in [-0.1, -0.05) is 12.1 Å². The van der Waals surface area contributed by atoms with E-state index in [-0.39, 0.29) is 11.9 Å². The molecule has 1 amide bonds. The number of hydrogen-bond acceptors (Lipinski definition) is 4. The average Bonchev–Trinajstić information content (AvgIpc) is 3.30. The first-order valence-electron chi connectivity index (χ1n) is 8.49. The third-order valence-corrected chi connectivity index (χ3v) is 4.83. The van der Waals surface area contributed by atoms with Gasteiger partial charge < -0.3 is 9.64 Å². The highest BCUT2D eigenvalue weighted by molar-refractivity contribution is 5.97. The predicted molar refractivity (Wildman–Crippen MR) is 94.6 cm³/mol. The summed E-state index contributed by atoms with van der Waals surface area (Å²) < 4.78 is 5.21. The van der Waals surface area contributed by atoms with Crippen LogP contribution in [0.25, 0.3) is 11.0 Å². The van der Waals surface area contributed by atoms with Crippen molar-refractivity contribution in [2.75, 3.05) is 13.7 Å². The summed E-state index contributed by atoms with van der Waals surface area (Å²) in [5.41, 5.74) is 3.38. The van der Waals surface area contributed by atoms with Crippen molar-refractivity contribution >= 4 is 16.9 Å². The number of aromatic amines is 1. The Morgan fingerprint density at radius 2 is 2.00 bits per heavy atom. The van der Waals surface area contributed by atoms with Crippen LogP contribution in [0.4, 0.5) is 0 Å². The molecule has 0 unspecified atom stereocenters. The van der Waals surface area contributed by atoms with E-state index in [1.54, 1.807) is 7.11 Å². The van der Waals surface area contributed by atoms with Gasteiger partial charge in [0.2, 0.25) is 0 Å². The molecule has 0 radical (unpaired) electrons. The number of likely N-dealkylation sites (tertiary alicyclic amines) is 1. The van der Waals surface area contributed by atoms with E-state index in [0.29, 0.717) is 5.56 Å². The number of amides is 1. The summed E-state index contributed by atoms with van der Waals surface area (Å²) in [6.45, 7) is 0.802. The van der Waals surface area contributed by atoms with Gasteiger partial charge in [-0.05, 0) is 55.2 Å². The summed E-state index contributed by atoms with van der Waals surface area (Å²) in [5.74, 6) is 0.921. The van der Waals surface area contributed by atoms with Crippen LogP contribution in [0.5, 0.6) is 5.75 Å². The maximum Gasteiger partial charge on any atom is 0.254 e. The summed E-state index contributed by atoms with van der Waals surface area (Å²) in [5, 5.41) is 10.7. The maximum absolute atomic E-state index is 13.0. The summed E-state index contributed by atoms with van der Waals surface area (Å²) in [6.07, 6.45) is 2.94. The molecule has 1 atom stereocenters. The molecule has 0 bridgehead atoms. The number of benzene rings is 2. The van der Waals surface area contributed by atoms with Crippen LogP contribution in [0.15, 0.2) is 42.5 Å². The van der Waals surface area contributed by atoms with E-state index in [9.17, 15) is 4.79 Å². The van der Waals surface area contributed by atoms with Gasteiger partial charge in [-0.25, -0.2) is 0 Å². The number of nitrogens with one attached hydrogen (secondary N) is 1. The highest BCUT2D eigenvalue weighted by atomic mass is 16.5. The molecule has 1 aliphatic rings. The monoisotopic (exact) mass is 336 g/mol. The number of carbonyl (C=O) groups is 1. The molecule has 1 aliphatic heterocycles. The zero-order chi connectivity index (χ0) is 17.2. The molecule has 4 rings (SSSR count). The lowest BCUT2D eigenvalue weighted by Crippen LogP contribution is -2.36. The van der Waals surface area contributed by atoms with Crippen molar-refractivity contribution in [2.45, 2.75) is 25.3 Å². The highest BCUT2D eigenvalue weighted by Gasteiger charge is 2.29. The van der Waals surface area contributed by atoms with Gasteiger partial charge in [-0.15, -0.1) is 0 Å². The van der Waals surface area contributed by atoms with Crippen LogP contribution in [0.2, 0.25) is 0 Å². The Labute approximate surface area is 145 Å². The quantitative estimate of drug-likeness (QED) is 0.795. The average molecular weight is 336 g/mol. The number of nitrogens with zero attached hydrogens (tertiary/aromatic N) is 3. The third-order valence-electron chi connectivity index (χ3n) is 4.83. The second-order valence-electron chi connectivity index (χ2n) is 6.37. The van der Waals surface area contributed by atoms with Crippen LogP contribution in [-0.4, -0.2) is 45.9 Å². The van der Waals surface area contributed by atoms with Crippen LogP contribution in [0.1, 0.15) is 28.8 Å². The molecule has 6 nitrogen and oxygen atoms in total. The smallest absolute Gasteiger partial charge is 0.254 e. The van der Waals surface area contributed by atoms with E-state index < -0.39 is 0 Å². The fourth-order valence-electron chi connectivity index (χ4n) is 3.49. The Morgan fingerprint density at radius 3 is 2.80 bits per heavy atom. The number of ether oxygens (including phenoxy) is 1. The van der Waals surface area contributed by atoms with Crippen LogP contribution >= 0.6 is 0 Å². The fourth-order valence-corrected chi connectivity index (χ4v) is 3.49. The maximum atomic E-state index is 13.0. The lowest BCUT2D eigenvalue weighted by atomic mass is 10.0. The van der Waals surface area contributed by atoms with Crippen molar-refractivity contribution in [1.82, 2.24) is 20.3 Å². The van der Waals surface area contributed by atoms with Crippen LogP contribution < -0.4 is 4.74 Å². The molecule has 1 saturated heterocycles. The van der Waals surface area contributed by atoms with Crippen molar-refractivity contribution in [3.63, 3.8) is 0 Å². The lowest BCUT2D eigenvalue weighted by molar-refractivity contribution is 0.0736. The van der Waals surface area contributed by atoms with E-state index in [0.717, 1.165) is 42.6 Å². The fraction of sp³-hybridized carbons (Fsp3) is 0.316. The minimum Gasteiger partial charge on any atom is -0.497 e. The van der Waals surface area contributed by atoms with E-state index in [4.69, 9.17) is 4.74 Å². The molecule has 0 aliphatic carbocycles. The zero-order valence-corrected chi connectivity index (χ0v) is 14.1. The van der Waals surface area contributed by atoms with Crippen molar-refractivity contribution in [2.24, 2.45) is 0 Å². The van der Waals surface area contributed by atoms with E-state index in [2.05, 4.69) is 27.5 Å². The second-order valence-corrected chi connectivity index (χ2v) is 6.37. The largest absolute Gasteiger partial charge is 0.497 e. The number of rotatable bonds is 4. The number of methoxy groups -OCH3 is 1. The molecule has 128 valence electrons. The van der Waals surface area contributed by atoms with Gasteiger partial charge in [0.05, 0.1) is 7.11 Å². The molecule has 0 saturated carbocycles. The molecule has 0 spiro atoms.